The van der Waals surface area contributed by atoms with Gasteiger partial charge >= 0.3 is 0 Å². The molecule has 0 rings (SSSR count). The molecule has 0 aliphatic rings. The van der Waals surface area contributed by atoms with Crippen molar-refractivity contribution in [2.75, 3.05) is 13.2 Å². The summed E-state index contributed by atoms with van der Waals surface area (Å²) in [5, 5.41) is 2.58. The molecule has 0 spiro atoms. The SMILES string of the molecule is C\C=C(/C=C\C=C\C(=O)NCC)S(=O)(=O)OCC. The number of carbonyl (C=O) groups excluding carboxylic acids is 1. The van der Waals surface area contributed by atoms with Gasteiger partial charge in [0, 0.05) is 12.6 Å². The Kier molecular flexibility index (Phi) is 7.98. The van der Waals surface area contributed by atoms with E-state index in [1.165, 1.54) is 30.4 Å². The summed E-state index contributed by atoms with van der Waals surface area (Å²) in [5.74, 6) is -0.225. The molecule has 0 aromatic heterocycles. The second-order valence-electron chi connectivity index (χ2n) is 3.16. The second-order valence-corrected chi connectivity index (χ2v) is 4.78. The molecule has 5 nitrogen and oxygen atoms in total. The highest BCUT2D eigenvalue weighted by Crippen LogP contribution is 2.10. The van der Waals surface area contributed by atoms with E-state index in [1.807, 2.05) is 6.92 Å². The lowest BCUT2D eigenvalue weighted by atomic mass is 10.4. The van der Waals surface area contributed by atoms with E-state index < -0.39 is 10.1 Å². The summed E-state index contributed by atoms with van der Waals surface area (Å²) < 4.78 is 27.7. The maximum absolute atomic E-state index is 11.5. The fraction of sp³-hybridized carbons (Fsp3) is 0.417. The van der Waals surface area contributed by atoms with Gasteiger partial charge in [0.2, 0.25) is 5.91 Å². The van der Waals surface area contributed by atoms with Gasteiger partial charge in [0.25, 0.3) is 10.1 Å². The molecule has 6 heteroatoms. The largest absolute Gasteiger partial charge is 0.353 e. The molecule has 102 valence electrons. The predicted molar refractivity (Wildman–Crippen MR) is 71.3 cm³/mol. The van der Waals surface area contributed by atoms with Gasteiger partial charge in [0.15, 0.2) is 0 Å². The zero-order chi connectivity index (χ0) is 14.0. The Morgan fingerprint density at radius 1 is 1.22 bits per heavy atom. The van der Waals surface area contributed by atoms with E-state index in [0.717, 1.165) is 0 Å². The van der Waals surface area contributed by atoms with Crippen LogP contribution in [0.1, 0.15) is 20.8 Å². The van der Waals surface area contributed by atoms with Gasteiger partial charge < -0.3 is 5.32 Å². The normalized spacial score (nSPS) is 13.4. The van der Waals surface area contributed by atoms with Crippen molar-refractivity contribution in [3.05, 3.63) is 35.3 Å². The highest BCUT2D eigenvalue weighted by Gasteiger charge is 2.13. The Balaban J connectivity index is 4.63. The van der Waals surface area contributed by atoms with Gasteiger partial charge in [0.1, 0.15) is 0 Å². The average Bonchev–Trinajstić information content (AvgIpc) is 2.28. The molecular weight excluding hydrogens is 254 g/mol. The number of hydrogen-bond donors (Lipinski definition) is 1. The fourth-order valence-electron chi connectivity index (χ4n) is 1.07. The Morgan fingerprint density at radius 2 is 1.83 bits per heavy atom. The first kappa shape index (κ1) is 16.6. The monoisotopic (exact) mass is 273 g/mol. The summed E-state index contributed by atoms with van der Waals surface area (Å²) in [4.78, 5) is 11.1. The highest BCUT2D eigenvalue weighted by molar-refractivity contribution is 7.90. The summed E-state index contributed by atoms with van der Waals surface area (Å²) in [6.45, 7) is 5.65. The lowest BCUT2D eigenvalue weighted by Crippen LogP contribution is -2.19. The van der Waals surface area contributed by atoms with Crippen molar-refractivity contribution in [3.63, 3.8) is 0 Å². The minimum absolute atomic E-state index is 0.0601. The molecule has 0 fully saturated rings. The van der Waals surface area contributed by atoms with Crippen LogP contribution in [0.4, 0.5) is 0 Å². The zero-order valence-electron chi connectivity index (χ0n) is 10.8. The van der Waals surface area contributed by atoms with Crippen molar-refractivity contribution < 1.29 is 17.4 Å². The van der Waals surface area contributed by atoms with E-state index in [1.54, 1.807) is 13.8 Å². The first-order chi connectivity index (χ1) is 8.47. The van der Waals surface area contributed by atoms with Crippen LogP contribution in [-0.4, -0.2) is 27.5 Å². The number of hydrogen-bond acceptors (Lipinski definition) is 4. The van der Waals surface area contributed by atoms with Crippen LogP contribution in [0.5, 0.6) is 0 Å². The number of rotatable bonds is 7. The van der Waals surface area contributed by atoms with E-state index in [-0.39, 0.29) is 17.4 Å². The third-order valence-electron chi connectivity index (χ3n) is 1.82. The van der Waals surface area contributed by atoms with Gasteiger partial charge in [-0.2, -0.15) is 8.42 Å². The Hall–Kier alpha value is -1.40. The van der Waals surface area contributed by atoms with Crippen LogP contribution in [0, 0.1) is 0 Å². The first-order valence-electron chi connectivity index (χ1n) is 5.66. The van der Waals surface area contributed by atoms with E-state index in [2.05, 4.69) is 9.50 Å². The van der Waals surface area contributed by atoms with E-state index in [0.29, 0.717) is 6.54 Å². The maximum Gasteiger partial charge on any atom is 0.296 e. The van der Waals surface area contributed by atoms with Gasteiger partial charge in [-0.15, -0.1) is 0 Å². The summed E-state index contributed by atoms with van der Waals surface area (Å²) in [6.07, 6.45) is 7.07. The molecule has 0 saturated carbocycles. The van der Waals surface area contributed by atoms with E-state index >= 15 is 0 Å². The average molecular weight is 273 g/mol. The molecule has 0 aromatic carbocycles. The number of nitrogens with one attached hydrogen (secondary N) is 1. The standard InChI is InChI=1S/C12H19NO4S/c1-4-11(18(15,16)17-6-3)9-7-8-10-12(14)13-5-2/h4,7-10H,5-6H2,1-3H3,(H,13,14)/b9-7-,10-8+,11-4+. The fourth-order valence-corrected chi connectivity index (χ4v) is 2.05. The van der Waals surface area contributed by atoms with Crippen LogP contribution in [0.15, 0.2) is 35.3 Å². The molecule has 0 saturated heterocycles. The lowest BCUT2D eigenvalue weighted by Gasteiger charge is -2.02. The Morgan fingerprint density at radius 3 is 2.33 bits per heavy atom. The van der Waals surface area contributed by atoms with Crippen molar-refractivity contribution in [1.29, 1.82) is 0 Å². The van der Waals surface area contributed by atoms with Gasteiger partial charge in [-0.1, -0.05) is 18.2 Å². The highest BCUT2D eigenvalue weighted by atomic mass is 32.2. The van der Waals surface area contributed by atoms with Crippen molar-refractivity contribution >= 4 is 16.0 Å². The lowest BCUT2D eigenvalue weighted by molar-refractivity contribution is -0.116. The van der Waals surface area contributed by atoms with Gasteiger partial charge in [0.05, 0.1) is 11.5 Å². The first-order valence-corrected chi connectivity index (χ1v) is 7.07. The molecule has 0 heterocycles. The molecule has 0 bridgehead atoms. The van der Waals surface area contributed by atoms with Crippen LogP contribution in [0.3, 0.4) is 0 Å². The molecule has 1 amide bonds. The van der Waals surface area contributed by atoms with Crippen LogP contribution < -0.4 is 5.32 Å². The maximum atomic E-state index is 11.5. The zero-order valence-corrected chi connectivity index (χ0v) is 11.7. The molecule has 1 N–H and O–H groups in total. The quantitative estimate of drug-likeness (QED) is 0.433. The molecule has 18 heavy (non-hydrogen) atoms. The third-order valence-corrected chi connectivity index (χ3v) is 3.31. The molecular formula is C12H19NO4S. The van der Waals surface area contributed by atoms with Crippen molar-refractivity contribution in [1.82, 2.24) is 5.32 Å². The predicted octanol–water partition coefficient (Wildman–Crippen LogP) is 1.50. The third kappa shape index (κ3) is 6.36. The number of carbonyl (C=O) groups is 1. The molecule has 0 radical (unpaired) electrons. The van der Waals surface area contributed by atoms with Gasteiger partial charge in [-0.05, 0) is 26.8 Å². The second kappa shape index (κ2) is 8.66. The molecule has 0 aromatic rings. The molecule has 0 unspecified atom stereocenters. The molecule has 0 aliphatic heterocycles. The van der Waals surface area contributed by atoms with Crippen LogP contribution in [0.25, 0.3) is 0 Å². The van der Waals surface area contributed by atoms with Gasteiger partial charge in [-0.3, -0.25) is 8.98 Å². The van der Waals surface area contributed by atoms with Crippen molar-refractivity contribution in [2.45, 2.75) is 20.8 Å². The number of allylic oxidation sites excluding steroid dienone is 4. The number of amides is 1. The van der Waals surface area contributed by atoms with Crippen LogP contribution in [0.2, 0.25) is 0 Å². The van der Waals surface area contributed by atoms with Crippen molar-refractivity contribution in [3.8, 4) is 0 Å². The molecule has 0 aliphatic carbocycles. The van der Waals surface area contributed by atoms with E-state index in [9.17, 15) is 13.2 Å². The number of likely N-dealkylation sites (N-methyl/N-ethyl adjacent to an activating group) is 1. The molecule has 0 atom stereocenters. The summed E-state index contributed by atoms with van der Waals surface area (Å²) >= 11 is 0. The summed E-state index contributed by atoms with van der Waals surface area (Å²) in [6, 6.07) is 0. The Bertz CT molecular complexity index is 447. The summed E-state index contributed by atoms with van der Waals surface area (Å²) in [5.41, 5.74) is 0. The minimum atomic E-state index is -3.69. The van der Waals surface area contributed by atoms with Crippen LogP contribution >= 0.6 is 0 Å². The smallest absolute Gasteiger partial charge is 0.296 e. The topological polar surface area (TPSA) is 72.5 Å². The van der Waals surface area contributed by atoms with Crippen LogP contribution in [-0.2, 0) is 19.1 Å². The van der Waals surface area contributed by atoms with E-state index in [4.69, 9.17) is 0 Å². The minimum Gasteiger partial charge on any atom is -0.353 e. The van der Waals surface area contributed by atoms with Crippen molar-refractivity contribution in [2.24, 2.45) is 0 Å². The summed E-state index contributed by atoms with van der Waals surface area (Å²) in [7, 11) is -3.69. The van der Waals surface area contributed by atoms with Gasteiger partial charge in [-0.25, -0.2) is 0 Å². The Labute approximate surface area is 108 Å².